The molecule has 0 aromatic carbocycles. The third kappa shape index (κ3) is 3.30. The summed E-state index contributed by atoms with van der Waals surface area (Å²) in [5.41, 5.74) is 0.814. The maximum absolute atomic E-state index is 5.23. The molecule has 1 unspecified atom stereocenters. The van der Waals surface area contributed by atoms with Gasteiger partial charge in [-0.05, 0) is 31.0 Å². The number of hydrogen-bond acceptors (Lipinski definition) is 6. The number of nitrogens with one attached hydrogen (secondary N) is 1. The zero-order valence-electron chi connectivity index (χ0n) is 12.6. The van der Waals surface area contributed by atoms with E-state index in [9.17, 15) is 0 Å². The van der Waals surface area contributed by atoms with Crippen molar-refractivity contribution in [2.45, 2.75) is 20.4 Å². The van der Waals surface area contributed by atoms with E-state index in [0.717, 1.165) is 24.5 Å². The molecule has 1 N–H and O–H groups in total. The van der Waals surface area contributed by atoms with Gasteiger partial charge in [0.2, 0.25) is 0 Å². The molecule has 3 aromatic heterocycles. The number of aromatic nitrogens is 5. The zero-order valence-corrected chi connectivity index (χ0v) is 12.6. The number of aryl methyl sites for hydroxylation is 1. The van der Waals surface area contributed by atoms with Gasteiger partial charge in [-0.25, -0.2) is 4.98 Å². The van der Waals surface area contributed by atoms with E-state index in [-0.39, 0.29) is 0 Å². The first kappa shape index (κ1) is 14.2. The fourth-order valence-corrected chi connectivity index (χ4v) is 2.19. The molecule has 0 spiro atoms. The van der Waals surface area contributed by atoms with Crippen LogP contribution in [0.15, 0.2) is 41.3 Å². The van der Waals surface area contributed by atoms with Crippen LogP contribution in [0.3, 0.4) is 0 Å². The van der Waals surface area contributed by atoms with Crippen molar-refractivity contribution >= 4 is 5.82 Å². The van der Waals surface area contributed by atoms with Crippen molar-refractivity contribution in [3.63, 3.8) is 0 Å². The third-order valence-corrected chi connectivity index (χ3v) is 3.24. The van der Waals surface area contributed by atoms with Crippen molar-refractivity contribution in [2.24, 2.45) is 5.92 Å². The van der Waals surface area contributed by atoms with Crippen molar-refractivity contribution in [2.75, 3.05) is 11.9 Å². The number of hydrogen-bond donors (Lipinski definition) is 1. The summed E-state index contributed by atoms with van der Waals surface area (Å²) in [7, 11) is 0. The Balaban J connectivity index is 1.67. The number of rotatable bonds is 6. The Bertz CT molecular complexity index is 721. The fraction of sp³-hybridized carbons (Fsp3) is 0.333. The van der Waals surface area contributed by atoms with Crippen molar-refractivity contribution in [1.82, 2.24) is 24.9 Å². The van der Waals surface area contributed by atoms with Crippen LogP contribution in [-0.2, 0) is 6.54 Å². The van der Waals surface area contributed by atoms with E-state index < -0.39 is 0 Å². The largest absolute Gasteiger partial charge is 0.369 e. The van der Waals surface area contributed by atoms with E-state index in [0.29, 0.717) is 17.6 Å². The third-order valence-electron chi connectivity index (χ3n) is 3.24. The summed E-state index contributed by atoms with van der Waals surface area (Å²) >= 11 is 0. The molecular formula is C15H18N6O. The van der Waals surface area contributed by atoms with Gasteiger partial charge in [-0.2, -0.15) is 10.1 Å². The first-order valence-electron chi connectivity index (χ1n) is 7.19. The lowest BCUT2D eigenvalue weighted by Gasteiger charge is -2.14. The summed E-state index contributed by atoms with van der Waals surface area (Å²) in [6, 6.07) is 5.70. The van der Waals surface area contributed by atoms with Gasteiger partial charge in [0.05, 0.1) is 5.56 Å². The van der Waals surface area contributed by atoms with E-state index in [1.165, 1.54) is 0 Å². The highest BCUT2D eigenvalue weighted by Gasteiger charge is 2.13. The van der Waals surface area contributed by atoms with Crippen LogP contribution in [0.25, 0.3) is 11.5 Å². The number of anilines is 1. The molecule has 0 aliphatic heterocycles. The van der Waals surface area contributed by atoms with E-state index in [1.54, 1.807) is 19.3 Å². The molecule has 3 rings (SSSR count). The van der Waals surface area contributed by atoms with Gasteiger partial charge in [-0.15, -0.1) is 0 Å². The monoisotopic (exact) mass is 298 g/mol. The molecular weight excluding hydrogens is 280 g/mol. The van der Waals surface area contributed by atoms with Crippen LogP contribution in [0.2, 0.25) is 0 Å². The smallest absolute Gasteiger partial charge is 0.261 e. The zero-order chi connectivity index (χ0) is 15.4. The Morgan fingerprint density at radius 2 is 2.23 bits per heavy atom. The average molecular weight is 298 g/mol. The SMILES string of the molecule is Cc1noc(-c2cccnc2NCC(C)Cn2cccn2)n1. The van der Waals surface area contributed by atoms with Gasteiger partial charge in [-0.1, -0.05) is 12.1 Å². The molecule has 0 saturated carbocycles. The Morgan fingerprint density at radius 3 is 2.95 bits per heavy atom. The summed E-state index contributed by atoms with van der Waals surface area (Å²) in [6.45, 7) is 5.58. The highest BCUT2D eigenvalue weighted by atomic mass is 16.5. The lowest BCUT2D eigenvalue weighted by atomic mass is 10.1. The molecule has 0 aliphatic rings. The second-order valence-corrected chi connectivity index (χ2v) is 5.26. The molecule has 1 atom stereocenters. The number of nitrogens with zero attached hydrogens (tertiary/aromatic N) is 5. The predicted octanol–water partition coefficient (Wildman–Crippen LogP) is 2.38. The van der Waals surface area contributed by atoms with Gasteiger partial charge in [0, 0.05) is 31.7 Å². The van der Waals surface area contributed by atoms with Crippen LogP contribution < -0.4 is 5.32 Å². The Hall–Kier alpha value is -2.70. The quantitative estimate of drug-likeness (QED) is 0.752. The summed E-state index contributed by atoms with van der Waals surface area (Å²) < 4.78 is 7.15. The number of pyridine rings is 1. The lowest BCUT2D eigenvalue weighted by Crippen LogP contribution is -2.18. The highest BCUT2D eigenvalue weighted by molar-refractivity contribution is 5.68. The molecule has 22 heavy (non-hydrogen) atoms. The van der Waals surface area contributed by atoms with Crippen LogP contribution in [0.1, 0.15) is 12.7 Å². The Kier molecular flexibility index (Phi) is 4.13. The fourth-order valence-electron chi connectivity index (χ4n) is 2.19. The van der Waals surface area contributed by atoms with Crippen LogP contribution >= 0.6 is 0 Å². The Morgan fingerprint density at radius 1 is 1.32 bits per heavy atom. The van der Waals surface area contributed by atoms with Gasteiger partial charge in [-0.3, -0.25) is 4.68 Å². The molecule has 7 heteroatoms. The summed E-state index contributed by atoms with van der Waals surface area (Å²) in [5, 5.41) is 11.4. The topological polar surface area (TPSA) is 81.7 Å². The van der Waals surface area contributed by atoms with Crippen LogP contribution in [0.5, 0.6) is 0 Å². The van der Waals surface area contributed by atoms with Gasteiger partial charge in [0.15, 0.2) is 5.82 Å². The van der Waals surface area contributed by atoms with Gasteiger partial charge >= 0.3 is 0 Å². The van der Waals surface area contributed by atoms with Gasteiger partial charge in [0.25, 0.3) is 5.89 Å². The molecule has 0 aliphatic carbocycles. The maximum Gasteiger partial charge on any atom is 0.261 e. The summed E-state index contributed by atoms with van der Waals surface area (Å²) in [6.07, 6.45) is 5.49. The van der Waals surface area contributed by atoms with Crippen molar-refractivity contribution < 1.29 is 4.52 Å². The summed E-state index contributed by atoms with van der Waals surface area (Å²) in [5.74, 6) is 2.24. The van der Waals surface area contributed by atoms with Crippen LogP contribution in [-0.4, -0.2) is 31.4 Å². The van der Waals surface area contributed by atoms with Gasteiger partial charge < -0.3 is 9.84 Å². The van der Waals surface area contributed by atoms with E-state index in [4.69, 9.17) is 4.52 Å². The van der Waals surface area contributed by atoms with Crippen LogP contribution in [0, 0.1) is 12.8 Å². The summed E-state index contributed by atoms with van der Waals surface area (Å²) in [4.78, 5) is 8.63. The molecule has 7 nitrogen and oxygen atoms in total. The molecule has 0 amide bonds. The second-order valence-electron chi connectivity index (χ2n) is 5.26. The normalized spacial score (nSPS) is 12.3. The van der Waals surface area contributed by atoms with E-state index in [1.807, 2.05) is 29.1 Å². The van der Waals surface area contributed by atoms with E-state index >= 15 is 0 Å². The molecule has 0 fully saturated rings. The minimum atomic E-state index is 0.402. The minimum absolute atomic E-state index is 0.402. The predicted molar refractivity (Wildman–Crippen MR) is 82.1 cm³/mol. The molecule has 114 valence electrons. The van der Waals surface area contributed by atoms with E-state index in [2.05, 4.69) is 32.5 Å². The molecule has 0 radical (unpaired) electrons. The van der Waals surface area contributed by atoms with Crippen molar-refractivity contribution in [3.05, 3.63) is 42.6 Å². The van der Waals surface area contributed by atoms with Gasteiger partial charge in [0.1, 0.15) is 5.82 Å². The molecule has 0 saturated heterocycles. The molecule has 3 aromatic rings. The molecule has 0 bridgehead atoms. The highest BCUT2D eigenvalue weighted by Crippen LogP contribution is 2.24. The minimum Gasteiger partial charge on any atom is -0.369 e. The first-order valence-corrected chi connectivity index (χ1v) is 7.19. The molecule has 3 heterocycles. The average Bonchev–Trinajstić information content (AvgIpc) is 3.17. The Labute approximate surface area is 128 Å². The standard InChI is InChI=1S/C15H18N6O/c1-11(10-21-8-4-7-18-21)9-17-14-13(5-3-6-16-14)15-19-12(2)20-22-15/h3-8,11H,9-10H2,1-2H3,(H,16,17). The first-order chi connectivity index (χ1) is 10.7. The van der Waals surface area contributed by atoms with Crippen molar-refractivity contribution in [1.29, 1.82) is 0 Å². The maximum atomic E-state index is 5.23. The lowest BCUT2D eigenvalue weighted by molar-refractivity contribution is 0.425. The van der Waals surface area contributed by atoms with Crippen LogP contribution in [0.4, 0.5) is 5.82 Å². The second kappa shape index (κ2) is 6.38. The van der Waals surface area contributed by atoms with Crippen molar-refractivity contribution in [3.8, 4) is 11.5 Å².